The molecule has 35 heavy (non-hydrogen) atoms. The van der Waals surface area contributed by atoms with Gasteiger partial charge in [-0.2, -0.15) is 0 Å². The lowest BCUT2D eigenvalue weighted by atomic mass is 10.1. The molecule has 0 atom stereocenters. The Morgan fingerprint density at radius 1 is 0.914 bits per heavy atom. The lowest BCUT2D eigenvalue weighted by molar-refractivity contribution is -0.117. The number of benzene rings is 2. The van der Waals surface area contributed by atoms with Gasteiger partial charge < -0.3 is 15.1 Å². The Morgan fingerprint density at radius 3 is 2.31 bits per heavy atom. The van der Waals surface area contributed by atoms with E-state index in [0.29, 0.717) is 17.3 Å². The van der Waals surface area contributed by atoms with E-state index in [-0.39, 0.29) is 17.6 Å². The van der Waals surface area contributed by atoms with Crippen molar-refractivity contribution in [2.75, 3.05) is 40.5 Å². The minimum Gasteiger partial charge on any atom is -0.341 e. The number of nitrogens with one attached hydrogen (secondary N) is 1. The fraction of sp³-hybridized carbons (Fsp3) is 0.385. The van der Waals surface area contributed by atoms with Gasteiger partial charge in [0.05, 0.1) is 11.4 Å². The molecular formula is C26H30N6O2S. The summed E-state index contributed by atoms with van der Waals surface area (Å²) in [5.41, 5.74) is 3.77. The number of nitrogens with zero attached hydrogens (tertiary/aromatic N) is 5. The first kappa shape index (κ1) is 23.4. The number of carbonyl (C=O) groups excluding carboxylic acids is 2. The SMILES string of the molecule is Cc1ccc(-n2c(SCC(=O)Nc3ccc(N4CCCC4=O)cc3)nnc2N2CCCCC2)cc1. The van der Waals surface area contributed by atoms with E-state index in [9.17, 15) is 9.59 Å². The molecule has 0 spiro atoms. The van der Waals surface area contributed by atoms with Crippen LogP contribution in [0.3, 0.4) is 0 Å². The van der Waals surface area contributed by atoms with Gasteiger partial charge in [0.1, 0.15) is 0 Å². The van der Waals surface area contributed by atoms with Crippen molar-refractivity contribution in [1.29, 1.82) is 0 Å². The molecule has 2 saturated heterocycles. The number of aryl methyl sites for hydroxylation is 1. The van der Waals surface area contributed by atoms with Crippen molar-refractivity contribution in [3.05, 3.63) is 54.1 Å². The van der Waals surface area contributed by atoms with E-state index in [2.05, 4.69) is 56.2 Å². The van der Waals surface area contributed by atoms with Gasteiger partial charge in [-0.3, -0.25) is 14.2 Å². The third kappa shape index (κ3) is 5.35. The van der Waals surface area contributed by atoms with Crippen molar-refractivity contribution in [2.45, 2.75) is 44.2 Å². The van der Waals surface area contributed by atoms with E-state index in [0.717, 1.165) is 56.2 Å². The van der Waals surface area contributed by atoms with E-state index < -0.39 is 0 Å². The molecule has 0 saturated carbocycles. The predicted molar refractivity (Wildman–Crippen MR) is 140 cm³/mol. The summed E-state index contributed by atoms with van der Waals surface area (Å²) in [6.45, 7) is 4.75. The van der Waals surface area contributed by atoms with Crippen molar-refractivity contribution in [3.8, 4) is 5.69 Å². The van der Waals surface area contributed by atoms with Crippen LogP contribution in [-0.4, -0.2) is 52.0 Å². The summed E-state index contributed by atoms with van der Waals surface area (Å²) >= 11 is 1.38. The molecule has 5 rings (SSSR count). The standard InChI is InChI=1S/C26H30N6O2S/c1-19-7-11-22(12-8-19)32-25(30-15-3-2-4-16-30)28-29-26(32)35-18-23(33)27-20-9-13-21(14-10-20)31-17-5-6-24(31)34/h7-14H,2-6,15-18H2,1H3,(H,27,33). The average Bonchev–Trinajstić information content (AvgIpc) is 3.50. The van der Waals surface area contributed by atoms with Gasteiger partial charge in [-0.1, -0.05) is 29.5 Å². The molecular weight excluding hydrogens is 460 g/mol. The number of carbonyl (C=O) groups is 2. The molecule has 2 amide bonds. The Labute approximate surface area is 209 Å². The first-order valence-electron chi connectivity index (χ1n) is 12.2. The fourth-order valence-electron chi connectivity index (χ4n) is 4.55. The van der Waals surface area contributed by atoms with Gasteiger partial charge >= 0.3 is 0 Å². The van der Waals surface area contributed by atoms with Crippen LogP contribution in [0.4, 0.5) is 17.3 Å². The molecule has 2 fully saturated rings. The third-order valence-electron chi connectivity index (χ3n) is 6.42. The molecule has 1 N–H and O–H groups in total. The maximum atomic E-state index is 12.7. The summed E-state index contributed by atoms with van der Waals surface area (Å²) in [7, 11) is 0. The predicted octanol–water partition coefficient (Wildman–Crippen LogP) is 4.42. The van der Waals surface area contributed by atoms with Crippen molar-refractivity contribution in [3.63, 3.8) is 0 Å². The number of anilines is 3. The van der Waals surface area contributed by atoms with Gasteiger partial charge in [-0.25, -0.2) is 0 Å². The molecule has 0 radical (unpaired) electrons. The van der Waals surface area contributed by atoms with Gasteiger partial charge in [-0.05, 0) is 69.0 Å². The monoisotopic (exact) mass is 490 g/mol. The highest BCUT2D eigenvalue weighted by Crippen LogP contribution is 2.29. The van der Waals surface area contributed by atoms with Crippen LogP contribution in [0.2, 0.25) is 0 Å². The Hall–Kier alpha value is -3.33. The van der Waals surface area contributed by atoms with Crippen LogP contribution < -0.4 is 15.1 Å². The van der Waals surface area contributed by atoms with Gasteiger partial charge in [0, 0.05) is 37.4 Å². The second-order valence-electron chi connectivity index (χ2n) is 9.03. The first-order valence-corrected chi connectivity index (χ1v) is 13.2. The lowest BCUT2D eigenvalue weighted by Crippen LogP contribution is -2.31. The molecule has 3 heterocycles. The highest BCUT2D eigenvalue weighted by Gasteiger charge is 2.23. The van der Waals surface area contributed by atoms with Gasteiger partial charge in [0.15, 0.2) is 5.16 Å². The van der Waals surface area contributed by atoms with Crippen molar-refractivity contribution >= 4 is 40.9 Å². The van der Waals surface area contributed by atoms with Crippen LogP contribution in [0.5, 0.6) is 0 Å². The molecule has 3 aromatic rings. The number of piperidine rings is 1. The van der Waals surface area contributed by atoms with Crippen LogP contribution in [0, 0.1) is 6.92 Å². The topological polar surface area (TPSA) is 83.4 Å². The zero-order chi connectivity index (χ0) is 24.2. The van der Waals surface area contributed by atoms with Crippen LogP contribution in [0.1, 0.15) is 37.7 Å². The number of aromatic nitrogens is 3. The second-order valence-corrected chi connectivity index (χ2v) is 9.98. The van der Waals surface area contributed by atoms with Crippen LogP contribution in [0.25, 0.3) is 5.69 Å². The van der Waals surface area contributed by atoms with Crippen molar-refractivity contribution < 1.29 is 9.59 Å². The largest absolute Gasteiger partial charge is 0.341 e. The zero-order valence-electron chi connectivity index (χ0n) is 19.9. The highest BCUT2D eigenvalue weighted by molar-refractivity contribution is 7.99. The number of rotatable bonds is 7. The van der Waals surface area contributed by atoms with Gasteiger partial charge in [0.25, 0.3) is 0 Å². The molecule has 0 unspecified atom stereocenters. The molecule has 2 aliphatic heterocycles. The summed E-state index contributed by atoms with van der Waals surface area (Å²) in [6, 6.07) is 15.7. The number of amides is 2. The Morgan fingerprint density at radius 2 is 1.63 bits per heavy atom. The molecule has 9 heteroatoms. The molecule has 1 aromatic heterocycles. The maximum Gasteiger partial charge on any atom is 0.234 e. The van der Waals surface area contributed by atoms with Crippen LogP contribution in [0.15, 0.2) is 53.7 Å². The summed E-state index contributed by atoms with van der Waals surface area (Å²) < 4.78 is 2.06. The maximum absolute atomic E-state index is 12.7. The fourth-order valence-corrected chi connectivity index (χ4v) is 5.29. The smallest absolute Gasteiger partial charge is 0.234 e. The molecule has 2 aliphatic rings. The van der Waals surface area contributed by atoms with E-state index in [1.54, 1.807) is 4.90 Å². The number of thioether (sulfide) groups is 1. The quantitative estimate of drug-likeness (QED) is 0.494. The molecule has 0 aliphatic carbocycles. The Kier molecular flexibility index (Phi) is 7.03. The Bertz CT molecular complexity index is 1190. The summed E-state index contributed by atoms with van der Waals surface area (Å²) in [4.78, 5) is 28.7. The number of hydrogen-bond acceptors (Lipinski definition) is 6. The second kappa shape index (κ2) is 10.5. The lowest BCUT2D eigenvalue weighted by Gasteiger charge is -2.27. The summed E-state index contributed by atoms with van der Waals surface area (Å²) in [6.07, 6.45) is 5.03. The van der Waals surface area contributed by atoms with Crippen LogP contribution >= 0.6 is 11.8 Å². The first-order chi connectivity index (χ1) is 17.1. The molecule has 2 aromatic carbocycles. The van der Waals surface area contributed by atoms with Crippen molar-refractivity contribution in [2.24, 2.45) is 0 Å². The van der Waals surface area contributed by atoms with Gasteiger partial charge in [-0.15, -0.1) is 10.2 Å². The normalized spacial score (nSPS) is 16.1. The molecule has 182 valence electrons. The van der Waals surface area contributed by atoms with E-state index in [1.165, 1.54) is 23.7 Å². The van der Waals surface area contributed by atoms with E-state index in [4.69, 9.17) is 0 Å². The minimum atomic E-state index is -0.113. The van der Waals surface area contributed by atoms with Crippen LogP contribution in [-0.2, 0) is 9.59 Å². The highest BCUT2D eigenvalue weighted by atomic mass is 32.2. The third-order valence-corrected chi connectivity index (χ3v) is 7.34. The number of hydrogen-bond donors (Lipinski definition) is 1. The minimum absolute atomic E-state index is 0.113. The summed E-state index contributed by atoms with van der Waals surface area (Å²) in [5, 5.41) is 12.6. The molecule has 0 bridgehead atoms. The van der Waals surface area contributed by atoms with E-state index >= 15 is 0 Å². The molecule has 8 nitrogen and oxygen atoms in total. The van der Waals surface area contributed by atoms with Crippen molar-refractivity contribution in [1.82, 2.24) is 14.8 Å². The van der Waals surface area contributed by atoms with Gasteiger partial charge in [0.2, 0.25) is 17.8 Å². The van der Waals surface area contributed by atoms with E-state index in [1.807, 2.05) is 24.3 Å². The average molecular weight is 491 g/mol. The summed E-state index contributed by atoms with van der Waals surface area (Å²) in [5.74, 6) is 1.09. The zero-order valence-corrected chi connectivity index (χ0v) is 20.8. The Balaban J connectivity index is 1.27.